The predicted molar refractivity (Wildman–Crippen MR) is 86.1 cm³/mol. The van der Waals surface area contributed by atoms with Crippen LogP contribution in [0.1, 0.15) is 37.8 Å². The van der Waals surface area contributed by atoms with Crippen molar-refractivity contribution in [3.05, 3.63) is 29.6 Å². The molecule has 0 spiro atoms. The Bertz CT molecular complexity index is 411. The van der Waals surface area contributed by atoms with Crippen molar-refractivity contribution < 1.29 is 0 Å². The average molecular weight is 276 g/mol. The SMILES string of the molecule is CCC(CC)CNC(=NC)NCCc1ccncc1C. The second-order valence-corrected chi connectivity index (χ2v) is 5.11. The molecule has 0 aromatic carbocycles. The third-order valence-corrected chi connectivity index (χ3v) is 3.76. The smallest absolute Gasteiger partial charge is 0.190 e. The van der Waals surface area contributed by atoms with Crippen molar-refractivity contribution in [2.24, 2.45) is 10.9 Å². The van der Waals surface area contributed by atoms with Crippen LogP contribution in [0.2, 0.25) is 0 Å². The van der Waals surface area contributed by atoms with Gasteiger partial charge in [0.05, 0.1) is 0 Å². The van der Waals surface area contributed by atoms with Crippen LogP contribution in [0.25, 0.3) is 0 Å². The third kappa shape index (κ3) is 5.59. The topological polar surface area (TPSA) is 49.3 Å². The number of aliphatic imine (C=N–C) groups is 1. The van der Waals surface area contributed by atoms with E-state index in [9.17, 15) is 0 Å². The minimum absolute atomic E-state index is 0.719. The van der Waals surface area contributed by atoms with Crippen LogP contribution in [-0.4, -0.2) is 31.1 Å². The molecule has 20 heavy (non-hydrogen) atoms. The number of aryl methyl sites for hydroxylation is 1. The summed E-state index contributed by atoms with van der Waals surface area (Å²) in [5.74, 6) is 1.61. The van der Waals surface area contributed by atoms with E-state index in [0.29, 0.717) is 0 Å². The van der Waals surface area contributed by atoms with E-state index in [4.69, 9.17) is 0 Å². The van der Waals surface area contributed by atoms with E-state index in [1.165, 1.54) is 24.0 Å². The first-order valence-electron chi connectivity index (χ1n) is 7.55. The van der Waals surface area contributed by atoms with E-state index in [1.54, 1.807) is 0 Å². The molecule has 0 atom stereocenters. The number of hydrogen-bond acceptors (Lipinski definition) is 2. The van der Waals surface area contributed by atoms with Crippen LogP contribution in [0.5, 0.6) is 0 Å². The third-order valence-electron chi connectivity index (χ3n) is 3.76. The largest absolute Gasteiger partial charge is 0.356 e. The molecular weight excluding hydrogens is 248 g/mol. The number of aromatic nitrogens is 1. The molecule has 0 aliphatic carbocycles. The van der Waals surface area contributed by atoms with E-state index in [-0.39, 0.29) is 0 Å². The maximum Gasteiger partial charge on any atom is 0.190 e. The molecule has 0 aliphatic rings. The predicted octanol–water partition coefficient (Wildman–Crippen LogP) is 2.53. The molecule has 0 aliphatic heterocycles. The summed E-state index contributed by atoms with van der Waals surface area (Å²) in [7, 11) is 1.82. The van der Waals surface area contributed by atoms with Crippen molar-refractivity contribution in [3.63, 3.8) is 0 Å². The molecule has 0 fully saturated rings. The molecule has 0 amide bonds. The summed E-state index contributed by atoms with van der Waals surface area (Å²) >= 11 is 0. The Hall–Kier alpha value is -1.58. The van der Waals surface area contributed by atoms with Gasteiger partial charge in [-0.25, -0.2) is 0 Å². The minimum Gasteiger partial charge on any atom is -0.356 e. The Labute approximate surface area is 123 Å². The first-order chi connectivity index (χ1) is 9.71. The maximum absolute atomic E-state index is 4.26. The minimum atomic E-state index is 0.719. The van der Waals surface area contributed by atoms with Crippen LogP contribution < -0.4 is 10.6 Å². The van der Waals surface area contributed by atoms with Gasteiger partial charge in [0.1, 0.15) is 0 Å². The highest BCUT2D eigenvalue weighted by Crippen LogP contribution is 2.06. The van der Waals surface area contributed by atoms with Gasteiger partial charge in [-0.3, -0.25) is 9.98 Å². The molecule has 1 aromatic heterocycles. The van der Waals surface area contributed by atoms with E-state index in [1.807, 2.05) is 19.4 Å². The van der Waals surface area contributed by atoms with E-state index in [0.717, 1.165) is 31.4 Å². The van der Waals surface area contributed by atoms with E-state index in [2.05, 4.69) is 47.4 Å². The molecule has 4 nitrogen and oxygen atoms in total. The van der Waals surface area contributed by atoms with Gasteiger partial charge in [0, 0.05) is 32.5 Å². The van der Waals surface area contributed by atoms with Gasteiger partial charge < -0.3 is 10.6 Å². The first kappa shape index (κ1) is 16.5. The van der Waals surface area contributed by atoms with Crippen LogP contribution in [0.4, 0.5) is 0 Å². The van der Waals surface area contributed by atoms with Crippen molar-refractivity contribution >= 4 is 5.96 Å². The van der Waals surface area contributed by atoms with Crippen LogP contribution >= 0.6 is 0 Å². The van der Waals surface area contributed by atoms with Crippen molar-refractivity contribution in [1.29, 1.82) is 0 Å². The fourth-order valence-corrected chi connectivity index (χ4v) is 2.14. The lowest BCUT2D eigenvalue weighted by molar-refractivity contribution is 0.481. The highest BCUT2D eigenvalue weighted by atomic mass is 15.2. The highest BCUT2D eigenvalue weighted by molar-refractivity contribution is 5.79. The number of pyridine rings is 1. The summed E-state index contributed by atoms with van der Waals surface area (Å²) in [4.78, 5) is 8.38. The lowest BCUT2D eigenvalue weighted by Gasteiger charge is -2.16. The number of hydrogen-bond donors (Lipinski definition) is 2. The molecule has 0 saturated heterocycles. The monoisotopic (exact) mass is 276 g/mol. The summed E-state index contributed by atoms with van der Waals surface area (Å²) in [5.41, 5.74) is 2.58. The summed E-state index contributed by atoms with van der Waals surface area (Å²) in [6.07, 6.45) is 7.16. The molecule has 4 heteroatoms. The number of nitrogens with zero attached hydrogens (tertiary/aromatic N) is 2. The molecule has 1 heterocycles. The summed E-state index contributed by atoms with van der Waals surface area (Å²) < 4.78 is 0. The first-order valence-corrected chi connectivity index (χ1v) is 7.55. The number of guanidine groups is 1. The lowest BCUT2D eigenvalue weighted by atomic mass is 10.0. The van der Waals surface area contributed by atoms with Crippen molar-refractivity contribution in [2.45, 2.75) is 40.0 Å². The average Bonchev–Trinajstić information content (AvgIpc) is 2.48. The highest BCUT2D eigenvalue weighted by Gasteiger charge is 2.05. The Kier molecular flexibility index (Phi) is 7.70. The summed E-state index contributed by atoms with van der Waals surface area (Å²) in [6.45, 7) is 8.44. The van der Waals surface area contributed by atoms with Gasteiger partial charge in [-0.05, 0) is 36.5 Å². The van der Waals surface area contributed by atoms with Gasteiger partial charge in [0.15, 0.2) is 5.96 Å². The second kappa shape index (κ2) is 9.34. The molecule has 0 saturated carbocycles. The molecule has 2 N–H and O–H groups in total. The molecular formula is C16H28N4. The molecule has 0 radical (unpaired) electrons. The Morgan fingerprint density at radius 3 is 2.65 bits per heavy atom. The van der Waals surface area contributed by atoms with Crippen LogP contribution in [0, 0.1) is 12.8 Å². The molecule has 112 valence electrons. The van der Waals surface area contributed by atoms with E-state index >= 15 is 0 Å². The Morgan fingerprint density at radius 1 is 1.30 bits per heavy atom. The van der Waals surface area contributed by atoms with Crippen molar-refractivity contribution in [2.75, 3.05) is 20.1 Å². The lowest BCUT2D eigenvalue weighted by Crippen LogP contribution is -2.40. The normalized spacial score (nSPS) is 11.8. The summed E-state index contributed by atoms with van der Waals surface area (Å²) in [6, 6.07) is 2.08. The molecule has 1 rings (SSSR count). The zero-order chi connectivity index (χ0) is 14.8. The second-order valence-electron chi connectivity index (χ2n) is 5.11. The maximum atomic E-state index is 4.26. The quantitative estimate of drug-likeness (QED) is 0.594. The van der Waals surface area contributed by atoms with Crippen LogP contribution in [-0.2, 0) is 6.42 Å². The zero-order valence-corrected chi connectivity index (χ0v) is 13.2. The molecule has 0 unspecified atom stereocenters. The molecule has 1 aromatic rings. The molecule has 0 bridgehead atoms. The fraction of sp³-hybridized carbons (Fsp3) is 0.625. The zero-order valence-electron chi connectivity index (χ0n) is 13.2. The number of rotatable bonds is 7. The Balaban J connectivity index is 2.34. The van der Waals surface area contributed by atoms with Crippen LogP contribution in [0.15, 0.2) is 23.5 Å². The van der Waals surface area contributed by atoms with Gasteiger partial charge in [-0.1, -0.05) is 26.7 Å². The van der Waals surface area contributed by atoms with Gasteiger partial charge in [-0.2, -0.15) is 0 Å². The van der Waals surface area contributed by atoms with Gasteiger partial charge in [0.2, 0.25) is 0 Å². The van der Waals surface area contributed by atoms with Gasteiger partial charge >= 0.3 is 0 Å². The fourth-order valence-electron chi connectivity index (χ4n) is 2.14. The van der Waals surface area contributed by atoms with E-state index < -0.39 is 0 Å². The van der Waals surface area contributed by atoms with Crippen LogP contribution in [0.3, 0.4) is 0 Å². The number of nitrogens with one attached hydrogen (secondary N) is 2. The Morgan fingerprint density at radius 2 is 2.05 bits per heavy atom. The van der Waals surface area contributed by atoms with Gasteiger partial charge in [0.25, 0.3) is 0 Å². The van der Waals surface area contributed by atoms with Crippen molar-refractivity contribution in [1.82, 2.24) is 15.6 Å². The standard InChI is InChI=1S/C16H28N4/c1-5-14(6-2)12-20-16(17-4)19-10-8-15-7-9-18-11-13(15)3/h7,9,11,14H,5-6,8,10,12H2,1-4H3,(H2,17,19,20). The van der Waals surface area contributed by atoms with Gasteiger partial charge in [-0.15, -0.1) is 0 Å². The van der Waals surface area contributed by atoms with Crippen molar-refractivity contribution in [3.8, 4) is 0 Å². The summed E-state index contributed by atoms with van der Waals surface area (Å²) in [5, 5.41) is 6.77.